The molecule has 0 bridgehead atoms. The largest absolute Gasteiger partial charge is 0.434 e. The summed E-state index contributed by atoms with van der Waals surface area (Å²) >= 11 is 7.26. The Morgan fingerprint density at radius 3 is 2.88 bits per heavy atom. The highest BCUT2D eigenvalue weighted by atomic mass is 35.5. The number of ether oxygens (including phenoxy) is 1. The summed E-state index contributed by atoms with van der Waals surface area (Å²) in [6.07, 6.45) is 0.416. The van der Waals surface area contributed by atoms with Gasteiger partial charge in [-0.3, -0.25) is 4.79 Å². The summed E-state index contributed by atoms with van der Waals surface area (Å²) in [6.45, 7) is -2.98. The van der Waals surface area contributed by atoms with Crippen LogP contribution in [0.3, 0.4) is 0 Å². The van der Waals surface area contributed by atoms with Crippen molar-refractivity contribution in [3.63, 3.8) is 0 Å². The molecule has 16 heavy (non-hydrogen) atoms. The topological polar surface area (TPSA) is 26.3 Å². The van der Waals surface area contributed by atoms with Gasteiger partial charge in [0.1, 0.15) is 5.75 Å². The number of benzene rings is 1. The first-order valence-electron chi connectivity index (χ1n) is 4.23. The smallest absolute Gasteiger partial charge is 0.387 e. The fourth-order valence-electron chi connectivity index (χ4n) is 1.36. The van der Waals surface area contributed by atoms with Crippen molar-refractivity contribution in [2.45, 2.75) is 6.61 Å². The van der Waals surface area contributed by atoms with Crippen LogP contribution in [0.25, 0.3) is 10.1 Å². The number of rotatable bonds is 3. The van der Waals surface area contributed by atoms with Crippen LogP contribution in [-0.2, 0) is 0 Å². The number of halogens is 3. The molecule has 2 nitrogen and oxygen atoms in total. The molecule has 0 aliphatic carbocycles. The van der Waals surface area contributed by atoms with Crippen LogP contribution in [0, 0.1) is 0 Å². The molecule has 2 aromatic rings. The third kappa shape index (κ3) is 1.88. The van der Waals surface area contributed by atoms with Crippen LogP contribution in [0.4, 0.5) is 8.78 Å². The molecule has 1 aromatic heterocycles. The molecule has 0 atom stereocenters. The van der Waals surface area contributed by atoms with Gasteiger partial charge in [-0.05, 0) is 22.9 Å². The highest BCUT2D eigenvalue weighted by molar-refractivity contribution is 7.17. The number of hydrogen-bond donors (Lipinski definition) is 0. The molecule has 0 saturated heterocycles. The fourth-order valence-corrected chi connectivity index (χ4v) is 2.57. The maximum atomic E-state index is 12.1. The molecule has 2 rings (SSSR count). The Hall–Kier alpha value is -1.20. The first-order chi connectivity index (χ1) is 7.63. The second kappa shape index (κ2) is 4.35. The summed E-state index contributed by atoms with van der Waals surface area (Å²) in [6, 6.07) is 3.10. The van der Waals surface area contributed by atoms with Crippen LogP contribution in [0.1, 0.15) is 10.4 Å². The predicted octanol–water partition coefficient (Wildman–Crippen LogP) is 3.97. The minimum absolute atomic E-state index is 0.0445. The van der Waals surface area contributed by atoms with Crippen LogP contribution >= 0.6 is 22.9 Å². The van der Waals surface area contributed by atoms with Crippen molar-refractivity contribution in [1.82, 2.24) is 0 Å². The lowest BCUT2D eigenvalue weighted by molar-refractivity contribution is -0.0499. The third-order valence-electron chi connectivity index (χ3n) is 2.02. The SMILES string of the molecule is O=Cc1c(OC(F)F)cc2ccsc2c1Cl. The first kappa shape index (κ1) is 11.3. The molecule has 0 aliphatic rings. The average Bonchev–Trinajstić information content (AvgIpc) is 2.65. The highest BCUT2D eigenvalue weighted by Crippen LogP contribution is 2.37. The Morgan fingerprint density at radius 2 is 2.25 bits per heavy atom. The normalized spacial score (nSPS) is 11.0. The standard InChI is InChI=1S/C10H5ClF2O2S/c11-8-6(4-14)7(15-10(12)13)3-5-1-2-16-9(5)8/h1-4,10H. The van der Waals surface area contributed by atoms with Crippen molar-refractivity contribution in [2.24, 2.45) is 0 Å². The van der Waals surface area contributed by atoms with E-state index in [1.165, 1.54) is 17.4 Å². The quantitative estimate of drug-likeness (QED) is 0.783. The zero-order valence-corrected chi connectivity index (χ0v) is 9.32. The van der Waals surface area contributed by atoms with Crippen LogP contribution in [0.2, 0.25) is 5.02 Å². The fraction of sp³-hybridized carbons (Fsp3) is 0.100. The summed E-state index contributed by atoms with van der Waals surface area (Å²) in [5.74, 6) is -0.194. The molecule has 1 heterocycles. The summed E-state index contributed by atoms with van der Waals surface area (Å²) in [7, 11) is 0. The van der Waals surface area contributed by atoms with E-state index < -0.39 is 6.61 Å². The van der Waals surface area contributed by atoms with E-state index in [0.717, 1.165) is 0 Å². The van der Waals surface area contributed by atoms with E-state index in [1.807, 2.05) is 0 Å². The van der Waals surface area contributed by atoms with E-state index in [0.29, 0.717) is 16.4 Å². The second-order valence-corrected chi connectivity index (χ2v) is 4.23. The van der Waals surface area contributed by atoms with Crippen molar-refractivity contribution in [3.05, 3.63) is 28.1 Å². The number of hydrogen-bond acceptors (Lipinski definition) is 3. The van der Waals surface area contributed by atoms with E-state index in [1.54, 1.807) is 11.4 Å². The molecule has 6 heteroatoms. The van der Waals surface area contributed by atoms with Crippen molar-refractivity contribution in [2.75, 3.05) is 0 Å². The van der Waals surface area contributed by atoms with Crippen LogP contribution in [0.5, 0.6) is 5.75 Å². The van der Waals surface area contributed by atoms with Gasteiger partial charge < -0.3 is 4.74 Å². The molecular weight excluding hydrogens is 258 g/mol. The minimum atomic E-state index is -2.98. The van der Waals surface area contributed by atoms with Crippen molar-refractivity contribution < 1.29 is 18.3 Å². The Balaban J connectivity index is 2.66. The van der Waals surface area contributed by atoms with Crippen molar-refractivity contribution in [1.29, 1.82) is 0 Å². The van der Waals surface area contributed by atoms with E-state index >= 15 is 0 Å². The molecule has 0 amide bonds. The molecular formula is C10H5ClF2O2S. The summed E-state index contributed by atoms with van der Waals surface area (Å²) < 4.78 is 29.2. The van der Waals surface area contributed by atoms with Gasteiger partial charge in [0.2, 0.25) is 0 Å². The molecule has 84 valence electrons. The van der Waals surface area contributed by atoms with Gasteiger partial charge >= 0.3 is 6.61 Å². The molecule has 0 radical (unpaired) electrons. The third-order valence-corrected chi connectivity index (χ3v) is 3.47. The Labute approximate surface area is 98.4 Å². The van der Waals surface area contributed by atoms with Crippen LogP contribution in [0.15, 0.2) is 17.5 Å². The number of alkyl halides is 2. The second-order valence-electron chi connectivity index (χ2n) is 2.94. The summed E-state index contributed by atoms with van der Waals surface area (Å²) in [5.41, 5.74) is -0.0445. The molecule has 0 fully saturated rings. The van der Waals surface area contributed by atoms with Gasteiger partial charge in [-0.15, -0.1) is 11.3 Å². The summed E-state index contributed by atoms with van der Waals surface area (Å²) in [4.78, 5) is 10.8. The molecule has 0 saturated carbocycles. The van der Waals surface area contributed by atoms with E-state index in [2.05, 4.69) is 4.74 Å². The number of aldehydes is 1. The van der Waals surface area contributed by atoms with E-state index in [9.17, 15) is 13.6 Å². The predicted molar refractivity (Wildman–Crippen MR) is 58.9 cm³/mol. The van der Waals surface area contributed by atoms with Crippen LogP contribution in [-0.4, -0.2) is 12.9 Å². The van der Waals surface area contributed by atoms with Crippen molar-refractivity contribution >= 4 is 39.3 Å². The van der Waals surface area contributed by atoms with Gasteiger partial charge in [-0.1, -0.05) is 11.6 Å². The molecule has 0 spiro atoms. The molecule has 0 unspecified atom stereocenters. The van der Waals surface area contributed by atoms with Crippen molar-refractivity contribution in [3.8, 4) is 5.75 Å². The highest BCUT2D eigenvalue weighted by Gasteiger charge is 2.16. The van der Waals surface area contributed by atoms with Gasteiger partial charge in [0.15, 0.2) is 6.29 Å². The monoisotopic (exact) mass is 262 g/mol. The lowest BCUT2D eigenvalue weighted by Gasteiger charge is -2.08. The number of fused-ring (bicyclic) bond motifs is 1. The maximum absolute atomic E-state index is 12.1. The van der Waals surface area contributed by atoms with E-state index in [4.69, 9.17) is 11.6 Å². The molecule has 0 N–H and O–H groups in total. The Morgan fingerprint density at radius 1 is 1.50 bits per heavy atom. The lowest BCUT2D eigenvalue weighted by Crippen LogP contribution is -2.04. The number of carbonyl (C=O) groups excluding carboxylic acids is 1. The molecule has 1 aromatic carbocycles. The Kier molecular flexibility index (Phi) is 3.07. The first-order valence-corrected chi connectivity index (χ1v) is 5.49. The lowest BCUT2D eigenvalue weighted by atomic mass is 10.1. The zero-order valence-electron chi connectivity index (χ0n) is 7.75. The van der Waals surface area contributed by atoms with Gasteiger partial charge in [0.05, 0.1) is 15.3 Å². The van der Waals surface area contributed by atoms with Gasteiger partial charge in [-0.25, -0.2) is 0 Å². The van der Waals surface area contributed by atoms with Gasteiger partial charge in [0, 0.05) is 0 Å². The number of carbonyl (C=O) groups is 1. The van der Waals surface area contributed by atoms with Crippen LogP contribution < -0.4 is 4.74 Å². The zero-order chi connectivity index (χ0) is 11.7. The minimum Gasteiger partial charge on any atom is -0.434 e. The van der Waals surface area contributed by atoms with E-state index in [-0.39, 0.29) is 16.3 Å². The molecule has 0 aliphatic heterocycles. The average molecular weight is 263 g/mol. The van der Waals surface area contributed by atoms with Gasteiger partial charge in [0.25, 0.3) is 0 Å². The number of thiophene rings is 1. The van der Waals surface area contributed by atoms with Gasteiger partial charge in [-0.2, -0.15) is 8.78 Å². The maximum Gasteiger partial charge on any atom is 0.387 e. The Bertz CT molecular complexity index is 539. The summed E-state index contributed by atoms with van der Waals surface area (Å²) in [5, 5.41) is 2.59.